The fourth-order valence-electron chi connectivity index (χ4n) is 2.62. The molecule has 0 aromatic carbocycles. The van der Waals surface area contributed by atoms with Crippen LogP contribution in [0.3, 0.4) is 0 Å². The van der Waals surface area contributed by atoms with E-state index in [1.54, 1.807) is 11.3 Å². The first-order valence-corrected chi connectivity index (χ1v) is 7.92. The highest BCUT2D eigenvalue weighted by atomic mass is 32.1. The molecule has 1 fully saturated rings. The lowest BCUT2D eigenvalue weighted by Gasteiger charge is -2.22. The van der Waals surface area contributed by atoms with Gasteiger partial charge in [0.15, 0.2) is 0 Å². The number of Topliss-reactive ketones (excluding diaryl/α,β-unsaturated/α-hetero) is 1. The van der Waals surface area contributed by atoms with E-state index < -0.39 is 0 Å². The van der Waals surface area contributed by atoms with Crippen molar-refractivity contribution in [1.82, 2.24) is 4.98 Å². The van der Waals surface area contributed by atoms with E-state index in [9.17, 15) is 4.79 Å². The summed E-state index contributed by atoms with van der Waals surface area (Å²) in [5.74, 6) is 0.235. The maximum atomic E-state index is 12.1. The number of ketones is 1. The molecule has 0 aliphatic heterocycles. The second-order valence-corrected chi connectivity index (χ2v) is 7.78. The molecule has 1 aliphatic carbocycles. The minimum atomic E-state index is -0.235. The molecule has 106 valence electrons. The van der Waals surface area contributed by atoms with E-state index in [0.717, 1.165) is 36.4 Å². The van der Waals surface area contributed by atoms with E-state index in [0.29, 0.717) is 12.8 Å². The van der Waals surface area contributed by atoms with Crippen molar-refractivity contribution in [2.75, 3.05) is 0 Å². The van der Waals surface area contributed by atoms with Crippen LogP contribution in [0.2, 0.25) is 0 Å². The summed E-state index contributed by atoms with van der Waals surface area (Å²) in [4.78, 5) is 16.7. The van der Waals surface area contributed by atoms with Crippen molar-refractivity contribution < 1.29 is 4.79 Å². The van der Waals surface area contributed by atoms with Gasteiger partial charge < -0.3 is 5.73 Å². The average Bonchev–Trinajstić information content (AvgIpc) is 2.86. The third-order valence-corrected chi connectivity index (χ3v) is 4.67. The molecule has 0 spiro atoms. The molecule has 0 unspecified atom stereocenters. The van der Waals surface area contributed by atoms with Crippen molar-refractivity contribution in [2.24, 2.45) is 5.73 Å². The zero-order valence-electron chi connectivity index (χ0n) is 12.2. The molecule has 3 nitrogen and oxygen atoms in total. The van der Waals surface area contributed by atoms with Crippen LogP contribution in [0.5, 0.6) is 0 Å². The molecule has 19 heavy (non-hydrogen) atoms. The Labute approximate surface area is 119 Å². The van der Waals surface area contributed by atoms with E-state index in [2.05, 4.69) is 31.1 Å². The molecule has 0 bridgehead atoms. The monoisotopic (exact) mass is 280 g/mol. The number of hydrogen-bond donors (Lipinski definition) is 1. The molecule has 1 aromatic heterocycles. The fraction of sp³-hybridized carbons (Fsp3) is 0.733. The molecule has 0 atom stereocenters. The van der Waals surface area contributed by atoms with Crippen LogP contribution in [0.15, 0.2) is 5.38 Å². The van der Waals surface area contributed by atoms with Crippen LogP contribution in [0.1, 0.15) is 63.6 Å². The number of hydrogen-bond acceptors (Lipinski definition) is 4. The minimum Gasteiger partial charge on any atom is -0.325 e. The van der Waals surface area contributed by atoms with E-state index in [4.69, 9.17) is 5.73 Å². The molecule has 0 saturated heterocycles. The van der Waals surface area contributed by atoms with E-state index in [1.165, 1.54) is 0 Å². The molecule has 0 radical (unpaired) electrons. The van der Waals surface area contributed by atoms with Crippen molar-refractivity contribution in [3.05, 3.63) is 16.1 Å². The minimum absolute atomic E-state index is 0.0539. The van der Waals surface area contributed by atoms with Gasteiger partial charge in [-0.25, -0.2) is 4.98 Å². The van der Waals surface area contributed by atoms with Crippen molar-refractivity contribution in [3.8, 4) is 0 Å². The Bertz CT molecular complexity index is 453. The molecular formula is C15H24N2OS. The maximum Gasteiger partial charge on any atom is 0.141 e. The van der Waals surface area contributed by atoms with Crippen molar-refractivity contribution in [2.45, 2.75) is 70.3 Å². The first kappa shape index (κ1) is 14.7. The highest BCUT2D eigenvalue weighted by Crippen LogP contribution is 2.31. The van der Waals surface area contributed by atoms with Crippen molar-refractivity contribution in [3.63, 3.8) is 0 Å². The summed E-state index contributed by atoms with van der Waals surface area (Å²) in [6.07, 6.45) is 5.26. The molecule has 2 rings (SSSR count). The van der Waals surface area contributed by atoms with Gasteiger partial charge in [-0.3, -0.25) is 4.79 Å². The number of thiazole rings is 1. The first-order chi connectivity index (χ1) is 8.78. The van der Waals surface area contributed by atoms with Gasteiger partial charge in [-0.1, -0.05) is 33.6 Å². The average molecular weight is 280 g/mol. The zero-order chi connectivity index (χ0) is 14.1. The van der Waals surface area contributed by atoms with Crippen molar-refractivity contribution in [1.29, 1.82) is 0 Å². The Morgan fingerprint density at radius 1 is 1.42 bits per heavy atom. The highest BCUT2D eigenvalue weighted by Gasteiger charge is 2.31. The van der Waals surface area contributed by atoms with Crippen LogP contribution in [-0.2, 0) is 16.6 Å². The zero-order valence-corrected chi connectivity index (χ0v) is 13.0. The molecule has 4 heteroatoms. The van der Waals surface area contributed by atoms with Gasteiger partial charge in [0.1, 0.15) is 10.8 Å². The van der Waals surface area contributed by atoms with Gasteiger partial charge >= 0.3 is 0 Å². The quantitative estimate of drug-likeness (QED) is 0.921. The number of aromatic nitrogens is 1. The van der Waals surface area contributed by atoms with Crippen LogP contribution in [0.25, 0.3) is 0 Å². The van der Waals surface area contributed by atoms with E-state index in [1.807, 2.05) is 0 Å². The largest absolute Gasteiger partial charge is 0.325 e. The lowest BCUT2D eigenvalue weighted by molar-refractivity contribution is -0.119. The van der Waals surface area contributed by atoms with E-state index in [-0.39, 0.29) is 16.7 Å². The summed E-state index contributed by atoms with van der Waals surface area (Å²) in [6.45, 7) is 6.42. The molecule has 1 heterocycles. The summed E-state index contributed by atoms with van der Waals surface area (Å²) in [5, 5.41) is 2.99. The Hall–Kier alpha value is -0.740. The van der Waals surface area contributed by atoms with Gasteiger partial charge in [-0.2, -0.15) is 0 Å². The molecule has 1 saturated carbocycles. The predicted molar refractivity (Wildman–Crippen MR) is 79.5 cm³/mol. The van der Waals surface area contributed by atoms with Gasteiger partial charge in [0, 0.05) is 22.8 Å². The van der Waals surface area contributed by atoms with Crippen LogP contribution in [-0.4, -0.2) is 16.3 Å². The molecular weight excluding hydrogens is 256 g/mol. The van der Waals surface area contributed by atoms with Crippen LogP contribution in [0.4, 0.5) is 0 Å². The number of rotatable bonds is 4. The smallest absolute Gasteiger partial charge is 0.141 e. The van der Waals surface area contributed by atoms with E-state index >= 15 is 0 Å². The topological polar surface area (TPSA) is 56.0 Å². The van der Waals surface area contributed by atoms with Gasteiger partial charge in [-0.15, -0.1) is 11.3 Å². The maximum absolute atomic E-state index is 12.1. The Balaban J connectivity index is 1.94. The number of nitrogens with two attached hydrogens (primary N) is 1. The first-order valence-electron chi connectivity index (χ1n) is 7.04. The lowest BCUT2D eigenvalue weighted by Crippen LogP contribution is -2.39. The summed E-state index contributed by atoms with van der Waals surface area (Å²) < 4.78 is 0. The summed E-state index contributed by atoms with van der Waals surface area (Å²) in [5.41, 5.74) is 7.14. The lowest BCUT2D eigenvalue weighted by atomic mass is 9.91. The Morgan fingerprint density at radius 3 is 2.58 bits per heavy atom. The SMILES string of the molecule is CC(C)(C)c1csc(CC(=O)CC2(N)CCCC2)n1. The van der Waals surface area contributed by atoms with Gasteiger partial charge in [0.2, 0.25) is 0 Å². The molecule has 1 aromatic rings. The van der Waals surface area contributed by atoms with Gasteiger partial charge in [-0.05, 0) is 12.8 Å². The fourth-order valence-corrected chi connectivity index (χ4v) is 3.67. The number of carbonyl (C=O) groups is 1. The van der Waals surface area contributed by atoms with Crippen LogP contribution in [0, 0.1) is 0 Å². The Kier molecular flexibility index (Phi) is 4.11. The normalized spacial score (nSPS) is 18.7. The van der Waals surface area contributed by atoms with Crippen LogP contribution < -0.4 is 5.73 Å². The predicted octanol–water partition coefficient (Wildman–Crippen LogP) is 3.21. The molecule has 1 aliphatic rings. The molecule has 0 amide bonds. The van der Waals surface area contributed by atoms with Gasteiger partial charge in [0.05, 0.1) is 12.1 Å². The standard InChI is InChI=1S/C15H24N2OS/c1-14(2,3)12-10-19-13(17-12)8-11(18)9-15(16)6-4-5-7-15/h10H,4-9,16H2,1-3H3. The second-order valence-electron chi connectivity index (χ2n) is 6.84. The summed E-state index contributed by atoms with van der Waals surface area (Å²) >= 11 is 1.59. The van der Waals surface area contributed by atoms with Crippen molar-refractivity contribution >= 4 is 17.1 Å². The van der Waals surface area contributed by atoms with Gasteiger partial charge in [0.25, 0.3) is 0 Å². The summed E-state index contributed by atoms with van der Waals surface area (Å²) in [7, 11) is 0. The third-order valence-electron chi connectivity index (χ3n) is 3.82. The number of nitrogens with zero attached hydrogens (tertiary/aromatic N) is 1. The van der Waals surface area contributed by atoms with Crippen LogP contribution >= 0.6 is 11.3 Å². The highest BCUT2D eigenvalue weighted by molar-refractivity contribution is 7.09. The molecule has 2 N–H and O–H groups in total. The Morgan fingerprint density at radius 2 is 2.05 bits per heavy atom. The summed E-state index contributed by atoms with van der Waals surface area (Å²) in [6, 6.07) is 0. The second kappa shape index (κ2) is 5.33. The third kappa shape index (κ3) is 3.86. The number of carbonyl (C=O) groups excluding carboxylic acids is 1.